The van der Waals surface area contributed by atoms with Gasteiger partial charge in [-0.2, -0.15) is 0 Å². The lowest BCUT2D eigenvalue weighted by Crippen LogP contribution is -2.30. The summed E-state index contributed by atoms with van der Waals surface area (Å²) in [5.41, 5.74) is 6.05. The van der Waals surface area contributed by atoms with Gasteiger partial charge in [0.1, 0.15) is 5.75 Å². The van der Waals surface area contributed by atoms with Gasteiger partial charge in [0.15, 0.2) is 0 Å². The standard InChI is InChI=1S/C15H18BrN3O/c1-10-4-3-7-18-15(10)14(19-17)9-11-8-12(20-2)5-6-13(11)16/h3-8,14,19H,9,17H2,1-2H3. The molecular formula is C15H18BrN3O. The molecule has 2 rings (SSSR count). The number of aromatic nitrogens is 1. The zero-order valence-electron chi connectivity index (χ0n) is 11.6. The number of aryl methyl sites for hydroxylation is 1. The Morgan fingerprint density at radius 2 is 2.20 bits per heavy atom. The van der Waals surface area contributed by atoms with Crippen LogP contribution in [0, 0.1) is 6.92 Å². The van der Waals surface area contributed by atoms with Crippen molar-refractivity contribution in [2.75, 3.05) is 7.11 Å². The molecule has 1 aromatic carbocycles. The van der Waals surface area contributed by atoms with Crippen LogP contribution in [0.3, 0.4) is 0 Å². The monoisotopic (exact) mass is 335 g/mol. The van der Waals surface area contributed by atoms with Crippen LogP contribution >= 0.6 is 15.9 Å². The maximum atomic E-state index is 5.71. The van der Waals surface area contributed by atoms with Crippen molar-refractivity contribution in [2.45, 2.75) is 19.4 Å². The first-order valence-corrected chi connectivity index (χ1v) is 7.15. The zero-order chi connectivity index (χ0) is 14.5. The molecule has 0 saturated carbocycles. The number of ether oxygens (including phenoxy) is 1. The summed E-state index contributed by atoms with van der Waals surface area (Å²) in [7, 11) is 1.66. The van der Waals surface area contributed by atoms with Gasteiger partial charge in [-0.05, 0) is 48.7 Å². The van der Waals surface area contributed by atoms with Gasteiger partial charge in [-0.3, -0.25) is 16.3 Å². The Hall–Kier alpha value is -1.43. The Balaban J connectivity index is 2.29. The van der Waals surface area contributed by atoms with Crippen LogP contribution in [0.25, 0.3) is 0 Å². The average molecular weight is 336 g/mol. The molecule has 1 aromatic heterocycles. The molecular weight excluding hydrogens is 318 g/mol. The molecule has 0 aliphatic heterocycles. The summed E-state index contributed by atoms with van der Waals surface area (Å²) >= 11 is 3.56. The van der Waals surface area contributed by atoms with Crippen LogP contribution in [0.15, 0.2) is 41.0 Å². The SMILES string of the molecule is COc1ccc(Br)c(CC(NN)c2ncccc2C)c1. The van der Waals surface area contributed by atoms with Crippen molar-refractivity contribution in [2.24, 2.45) is 5.84 Å². The smallest absolute Gasteiger partial charge is 0.119 e. The highest BCUT2D eigenvalue weighted by Crippen LogP contribution is 2.27. The Labute approximate surface area is 127 Å². The first-order valence-electron chi connectivity index (χ1n) is 6.35. The van der Waals surface area contributed by atoms with Gasteiger partial charge < -0.3 is 4.74 Å². The second kappa shape index (κ2) is 6.83. The van der Waals surface area contributed by atoms with Crippen LogP contribution in [0.1, 0.15) is 22.9 Å². The van der Waals surface area contributed by atoms with Crippen molar-refractivity contribution < 1.29 is 4.74 Å². The normalized spacial score (nSPS) is 12.2. The maximum absolute atomic E-state index is 5.71. The maximum Gasteiger partial charge on any atom is 0.119 e. The molecule has 0 fully saturated rings. The molecule has 1 unspecified atom stereocenters. The number of pyridine rings is 1. The van der Waals surface area contributed by atoms with E-state index in [9.17, 15) is 0 Å². The van der Waals surface area contributed by atoms with E-state index in [1.54, 1.807) is 13.3 Å². The molecule has 3 N–H and O–H groups in total. The van der Waals surface area contributed by atoms with Gasteiger partial charge in [0.05, 0.1) is 18.8 Å². The van der Waals surface area contributed by atoms with Crippen LogP contribution in [0.5, 0.6) is 5.75 Å². The second-order valence-corrected chi connectivity index (χ2v) is 5.44. The van der Waals surface area contributed by atoms with Gasteiger partial charge in [0.25, 0.3) is 0 Å². The van der Waals surface area contributed by atoms with Crippen LogP contribution in [0.2, 0.25) is 0 Å². The Kier molecular flexibility index (Phi) is 5.11. The van der Waals surface area contributed by atoms with Crippen LogP contribution in [-0.2, 0) is 6.42 Å². The van der Waals surface area contributed by atoms with Gasteiger partial charge in [0, 0.05) is 10.7 Å². The minimum absolute atomic E-state index is 0.0420. The number of hydrazine groups is 1. The topological polar surface area (TPSA) is 60.2 Å². The van der Waals surface area contributed by atoms with Gasteiger partial charge >= 0.3 is 0 Å². The summed E-state index contributed by atoms with van der Waals surface area (Å²) in [4.78, 5) is 4.43. The van der Waals surface area contributed by atoms with E-state index < -0.39 is 0 Å². The summed E-state index contributed by atoms with van der Waals surface area (Å²) in [5, 5.41) is 0. The number of methoxy groups -OCH3 is 1. The van der Waals surface area contributed by atoms with Crippen molar-refractivity contribution in [1.82, 2.24) is 10.4 Å². The summed E-state index contributed by atoms with van der Waals surface area (Å²) in [6.07, 6.45) is 2.51. The third-order valence-electron chi connectivity index (χ3n) is 3.26. The molecule has 0 saturated heterocycles. The predicted molar refractivity (Wildman–Crippen MR) is 83.4 cm³/mol. The van der Waals surface area contributed by atoms with Crippen molar-refractivity contribution in [3.63, 3.8) is 0 Å². The molecule has 2 aromatic rings. The predicted octanol–water partition coefficient (Wildman–Crippen LogP) is 2.91. The minimum atomic E-state index is -0.0420. The molecule has 1 atom stereocenters. The van der Waals surface area contributed by atoms with Crippen molar-refractivity contribution >= 4 is 15.9 Å². The fourth-order valence-electron chi connectivity index (χ4n) is 2.15. The van der Waals surface area contributed by atoms with Crippen LogP contribution in [-0.4, -0.2) is 12.1 Å². The number of benzene rings is 1. The third kappa shape index (κ3) is 3.36. The first kappa shape index (κ1) is 15.0. The molecule has 4 nitrogen and oxygen atoms in total. The average Bonchev–Trinajstić information content (AvgIpc) is 2.47. The minimum Gasteiger partial charge on any atom is -0.497 e. The van der Waals surface area contributed by atoms with E-state index in [1.807, 2.05) is 37.3 Å². The van der Waals surface area contributed by atoms with E-state index in [0.717, 1.165) is 33.5 Å². The molecule has 5 heteroatoms. The van der Waals surface area contributed by atoms with E-state index in [0.29, 0.717) is 0 Å². The highest BCUT2D eigenvalue weighted by Gasteiger charge is 2.16. The summed E-state index contributed by atoms with van der Waals surface area (Å²) in [6.45, 7) is 2.04. The highest BCUT2D eigenvalue weighted by atomic mass is 79.9. The molecule has 0 aliphatic rings. The highest BCUT2D eigenvalue weighted by molar-refractivity contribution is 9.10. The third-order valence-corrected chi connectivity index (χ3v) is 4.03. The number of rotatable bonds is 5. The number of nitrogens with two attached hydrogens (primary N) is 1. The molecule has 0 spiro atoms. The Bertz CT molecular complexity index is 589. The molecule has 106 valence electrons. The zero-order valence-corrected chi connectivity index (χ0v) is 13.1. The van der Waals surface area contributed by atoms with Crippen molar-refractivity contribution in [1.29, 1.82) is 0 Å². The molecule has 0 amide bonds. The Morgan fingerprint density at radius 3 is 2.85 bits per heavy atom. The summed E-state index contributed by atoms with van der Waals surface area (Å²) in [5.74, 6) is 6.54. The summed E-state index contributed by atoms with van der Waals surface area (Å²) < 4.78 is 6.30. The quantitative estimate of drug-likeness (QED) is 0.651. The van der Waals surface area contributed by atoms with Crippen molar-refractivity contribution in [3.05, 3.63) is 57.8 Å². The largest absolute Gasteiger partial charge is 0.497 e. The molecule has 0 radical (unpaired) electrons. The number of hydrogen-bond donors (Lipinski definition) is 2. The number of nitrogens with one attached hydrogen (secondary N) is 1. The number of hydrogen-bond acceptors (Lipinski definition) is 4. The lowest BCUT2D eigenvalue weighted by Gasteiger charge is -2.18. The van der Waals surface area contributed by atoms with Gasteiger partial charge in [-0.1, -0.05) is 22.0 Å². The van der Waals surface area contributed by atoms with Crippen LogP contribution < -0.4 is 16.0 Å². The van der Waals surface area contributed by atoms with Gasteiger partial charge in [0.2, 0.25) is 0 Å². The molecule has 20 heavy (non-hydrogen) atoms. The first-order chi connectivity index (χ1) is 9.65. The van der Waals surface area contributed by atoms with E-state index in [2.05, 4.69) is 26.3 Å². The van der Waals surface area contributed by atoms with Crippen LogP contribution in [0.4, 0.5) is 0 Å². The number of halogens is 1. The fourth-order valence-corrected chi connectivity index (χ4v) is 2.56. The van der Waals surface area contributed by atoms with Gasteiger partial charge in [-0.25, -0.2) is 0 Å². The fraction of sp³-hybridized carbons (Fsp3) is 0.267. The van der Waals surface area contributed by atoms with E-state index in [-0.39, 0.29) is 6.04 Å². The lowest BCUT2D eigenvalue weighted by molar-refractivity contribution is 0.413. The van der Waals surface area contributed by atoms with E-state index in [4.69, 9.17) is 10.6 Å². The lowest BCUT2D eigenvalue weighted by atomic mass is 10.0. The molecule has 1 heterocycles. The van der Waals surface area contributed by atoms with Gasteiger partial charge in [-0.15, -0.1) is 0 Å². The number of nitrogens with zero attached hydrogens (tertiary/aromatic N) is 1. The van der Waals surface area contributed by atoms with E-state index >= 15 is 0 Å². The molecule has 0 aliphatic carbocycles. The van der Waals surface area contributed by atoms with E-state index in [1.165, 1.54) is 0 Å². The van der Waals surface area contributed by atoms with Crippen molar-refractivity contribution in [3.8, 4) is 5.75 Å². The second-order valence-electron chi connectivity index (χ2n) is 4.59. The molecule has 0 bridgehead atoms. The summed E-state index contributed by atoms with van der Waals surface area (Å²) in [6, 6.07) is 9.82. The Morgan fingerprint density at radius 1 is 1.40 bits per heavy atom.